The maximum absolute atomic E-state index is 12.1. The molecule has 0 atom stereocenters. The average Bonchev–Trinajstić information content (AvgIpc) is 3.24. The second-order valence-electron chi connectivity index (χ2n) is 5.90. The molecule has 6 nitrogen and oxygen atoms in total. The third kappa shape index (κ3) is 4.58. The molecule has 3 rings (SSSR count). The number of aryl methyl sites for hydroxylation is 1. The SMILES string of the molecule is Cc1ccc(-c2nc(CC(=O)NCCc3cccc(C(N)=O)c3)cs2)o1. The Morgan fingerprint density at radius 3 is 2.85 bits per heavy atom. The first kappa shape index (κ1) is 17.9. The van der Waals surface area contributed by atoms with Crippen LogP contribution in [0.3, 0.4) is 0 Å². The first-order valence-corrected chi connectivity index (χ1v) is 9.06. The van der Waals surface area contributed by atoms with Crippen molar-refractivity contribution in [1.82, 2.24) is 10.3 Å². The zero-order valence-electron chi connectivity index (χ0n) is 14.3. The van der Waals surface area contributed by atoms with Gasteiger partial charge in [0.15, 0.2) is 10.8 Å². The Hall–Kier alpha value is -2.93. The largest absolute Gasteiger partial charge is 0.459 e. The molecule has 0 bridgehead atoms. The standard InChI is InChI=1S/C19H19N3O3S/c1-12-5-6-16(25-12)19-22-15(11-26-19)10-17(23)21-8-7-13-3-2-4-14(9-13)18(20)24/h2-6,9,11H,7-8,10H2,1H3,(H2,20,24)(H,21,23). The van der Waals surface area contributed by atoms with Crippen LogP contribution in [0.2, 0.25) is 0 Å². The van der Waals surface area contributed by atoms with Crippen LogP contribution in [0.15, 0.2) is 46.2 Å². The number of carbonyl (C=O) groups excluding carboxylic acids is 2. The van der Waals surface area contributed by atoms with Crippen LogP contribution in [-0.2, 0) is 17.6 Å². The lowest BCUT2D eigenvalue weighted by Crippen LogP contribution is -2.27. The minimum Gasteiger partial charge on any atom is -0.459 e. The number of hydrogen-bond donors (Lipinski definition) is 2. The number of thiazole rings is 1. The molecule has 3 N–H and O–H groups in total. The summed E-state index contributed by atoms with van der Waals surface area (Å²) in [5, 5.41) is 5.50. The van der Waals surface area contributed by atoms with Gasteiger partial charge < -0.3 is 15.5 Å². The van der Waals surface area contributed by atoms with Crippen LogP contribution < -0.4 is 11.1 Å². The molecule has 0 aliphatic carbocycles. The van der Waals surface area contributed by atoms with Crippen LogP contribution in [0.5, 0.6) is 0 Å². The molecule has 0 aliphatic heterocycles. The van der Waals surface area contributed by atoms with Crippen molar-refractivity contribution >= 4 is 23.2 Å². The lowest BCUT2D eigenvalue weighted by molar-refractivity contribution is -0.120. The second kappa shape index (κ2) is 7.97. The van der Waals surface area contributed by atoms with E-state index >= 15 is 0 Å². The fourth-order valence-corrected chi connectivity index (χ4v) is 3.28. The highest BCUT2D eigenvalue weighted by Gasteiger charge is 2.11. The highest BCUT2D eigenvalue weighted by Crippen LogP contribution is 2.25. The van der Waals surface area contributed by atoms with E-state index < -0.39 is 5.91 Å². The van der Waals surface area contributed by atoms with Crippen molar-refractivity contribution in [3.05, 3.63) is 64.4 Å². The summed E-state index contributed by atoms with van der Waals surface area (Å²) >= 11 is 1.45. The van der Waals surface area contributed by atoms with Crippen LogP contribution >= 0.6 is 11.3 Å². The number of aromatic nitrogens is 1. The van der Waals surface area contributed by atoms with Crippen molar-refractivity contribution in [2.75, 3.05) is 6.54 Å². The van der Waals surface area contributed by atoms with Crippen molar-refractivity contribution in [2.45, 2.75) is 19.8 Å². The molecule has 0 spiro atoms. The molecule has 0 saturated carbocycles. The van der Waals surface area contributed by atoms with E-state index in [2.05, 4.69) is 10.3 Å². The molecule has 0 fully saturated rings. The van der Waals surface area contributed by atoms with Crippen LogP contribution in [0.25, 0.3) is 10.8 Å². The molecule has 3 aromatic rings. The van der Waals surface area contributed by atoms with Crippen molar-refractivity contribution < 1.29 is 14.0 Å². The molecule has 0 saturated heterocycles. The van der Waals surface area contributed by atoms with Crippen LogP contribution in [0.1, 0.15) is 27.4 Å². The van der Waals surface area contributed by atoms with Crippen LogP contribution in [-0.4, -0.2) is 23.3 Å². The normalized spacial score (nSPS) is 10.7. The summed E-state index contributed by atoms with van der Waals surface area (Å²) in [6.45, 7) is 2.36. The summed E-state index contributed by atoms with van der Waals surface area (Å²) in [5.74, 6) is 0.994. The van der Waals surface area contributed by atoms with Gasteiger partial charge >= 0.3 is 0 Å². The van der Waals surface area contributed by atoms with E-state index in [4.69, 9.17) is 10.2 Å². The quantitative estimate of drug-likeness (QED) is 0.669. The Morgan fingerprint density at radius 2 is 2.12 bits per heavy atom. The van der Waals surface area contributed by atoms with E-state index in [1.165, 1.54) is 11.3 Å². The number of primary amides is 1. The minimum atomic E-state index is -0.457. The van der Waals surface area contributed by atoms with Gasteiger partial charge in [-0.3, -0.25) is 9.59 Å². The Balaban J connectivity index is 1.49. The highest BCUT2D eigenvalue weighted by molar-refractivity contribution is 7.13. The van der Waals surface area contributed by atoms with Gasteiger partial charge in [-0.05, 0) is 43.2 Å². The summed E-state index contributed by atoms with van der Waals surface area (Å²) < 4.78 is 5.54. The lowest BCUT2D eigenvalue weighted by atomic mass is 10.1. The molecule has 0 radical (unpaired) electrons. The fourth-order valence-electron chi connectivity index (χ4n) is 2.50. The number of nitrogens with two attached hydrogens (primary N) is 1. The monoisotopic (exact) mass is 369 g/mol. The highest BCUT2D eigenvalue weighted by atomic mass is 32.1. The zero-order valence-corrected chi connectivity index (χ0v) is 15.1. The maximum atomic E-state index is 12.1. The summed E-state index contributed by atoms with van der Waals surface area (Å²) in [6.07, 6.45) is 0.846. The second-order valence-corrected chi connectivity index (χ2v) is 6.75. The molecule has 134 valence electrons. The molecule has 0 unspecified atom stereocenters. The fraction of sp³-hybridized carbons (Fsp3) is 0.211. The summed E-state index contributed by atoms with van der Waals surface area (Å²) in [6, 6.07) is 10.9. The van der Waals surface area contributed by atoms with Crippen LogP contribution in [0.4, 0.5) is 0 Å². The number of nitrogens with zero attached hydrogens (tertiary/aromatic N) is 1. The number of rotatable bonds is 7. The predicted octanol–water partition coefficient (Wildman–Crippen LogP) is 2.71. The topological polar surface area (TPSA) is 98.2 Å². The molecule has 26 heavy (non-hydrogen) atoms. The Morgan fingerprint density at radius 1 is 1.27 bits per heavy atom. The van der Waals surface area contributed by atoms with Crippen molar-refractivity contribution in [3.8, 4) is 10.8 Å². The van der Waals surface area contributed by atoms with Gasteiger partial charge in [0.1, 0.15) is 5.76 Å². The number of furan rings is 1. The molecule has 7 heteroatoms. The number of amides is 2. The third-order valence-electron chi connectivity index (χ3n) is 3.79. The number of benzene rings is 1. The van der Waals surface area contributed by atoms with E-state index in [1.54, 1.807) is 18.2 Å². The van der Waals surface area contributed by atoms with Gasteiger partial charge in [0, 0.05) is 17.5 Å². The number of hydrogen-bond acceptors (Lipinski definition) is 5. The average molecular weight is 369 g/mol. The first-order valence-electron chi connectivity index (χ1n) is 8.18. The maximum Gasteiger partial charge on any atom is 0.248 e. The molecular formula is C19H19N3O3S. The number of nitrogens with one attached hydrogen (secondary N) is 1. The van der Waals surface area contributed by atoms with Crippen molar-refractivity contribution in [3.63, 3.8) is 0 Å². The first-order chi connectivity index (χ1) is 12.5. The third-order valence-corrected chi connectivity index (χ3v) is 4.70. The van der Waals surface area contributed by atoms with Gasteiger partial charge in [0.05, 0.1) is 12.1 Å². The minimum absolute atomic E-state index is 0.0940. The number of carbonyl (C=O) groups is 2. The molecule has 1 aromatic carbocycles. The van der Waals surface area contributed by atoms with Gasteiger partial charge in [0.25, 0.3) is 0 Å². The van der Waals surface area contributed by atoms with E-state index in [1.807, 2.05) is 30.5 Å². The van der Waals surface area contributed by atoms with Crippen LogP contribution in [0, 0.1) is 6.92 Å². The zero-order chi connectivity index (χ0) is 18.5. The van der Waals surface area contributed by atoms with Gasteiger partial charge in [-0.25, -0.2) is 4.98 Å². The van der Waals surface area contributed by atoms with Gasteiger partial charge in [-0.15, -0.1) is 11.3 Å². The predicted molar refractivity (Wildman–Crippen MR) is 99.9 cm³/mol. The van der Waals surface area contributed by atoms with Gasteiger partial charge in [0.2, 0.25) is 11.8 Å². The summed E-state index contributed by atoms with van der Waals surface area (Å²) in [4.78, 5) is 27.7. The van der Waals surface area contributed by atoms with Crippen molar-refractivity contribution in [2.24, 2.45) is 5.73 Å². The lowest BCUT2D eigenvalue weighted by Gasteiger charge is -2.05. The van der Waals surface area contributed by atoms with Gasteiger partial charge in [-0.2, -0.15) is 0 Å². The molecule has 2 aromatic heterocycles. The van der Waals surface area contributed by atoms with Crippen molar-refractivity contribution in [1.29, 1.82) is 0 Å². The smallest absolute Gasteiger partial charge is 0.248 e. The summed E-state index contributed by atoms with van der Waals surface area (Å²) in [7, 11) is 0. The summed E-state index contributed by atoms with van der Waals surface area (Å²) in [5.41, 5.74) is 7.40. The van der Waals surface area contributed by atoms with E-state index in [9.17, 15) is 9.59 Å². The molecule has 2 amide bonds. The van der Waals surface area contributed by atoms with E-state index in [-0.39, 0.29) is 12.3 Å². The Bertz CT molecular complexity index is 930. The Kier molecular flexibility index (Phi) is 5.48. The van der Waals surface area contributed by atoms with E-state index in [0.717, 1.165) is 16.3 Å². The molecule has 2 heterocycles. The molecule has 0 aliphatic rings. The van der Waals surface area contributed by atoms with Gasteiger partial charge in [-0.1, -0.05) is 12.1 Å². The molecular weight excluding hydrogens is 350 g/mol. The van der Waals surface area contributed by atoms with E-state index in [0.29, 0.717) is 30.0 Å². The Labute approximate surface area is 155 Å².